The molecule has 0 bridgehead atoms. The van der Waals surface area contributed by atoms with Gasteiger partial charge in [-0.25, -0.2) is 4.98 Å². The lowest BCUT2D eigenvalue weighted by Crippen LogP contribution is -2.33. The second-order valence-corrected chi connectivity index (χ2v) is 5.83. The number of nitrogens with zero attached hydrogens (tertiary/aromatic N) is 3. The molecule has 0 aliphatic carbocycles. The summed E-state index contributed by atoms with van der Waals surface area (Å²) in [6.45, 7) is 4.56. The quantitative estimate of drug-likeness (QED) is 0.844. The standard InChI is InChI=1S/C14H18BrN3/c1-2-17-7-4-3-5-13(17)12-10-18-8-6-11(15)9-14(18)16-12/h6,8-10,13H,2-5,7H2,1H3. The van der Waals surface area contributed by atoms with Crippen LogP contribution in [0.2, 0.25) is 0 Å². The van der Waals surface area contributed by atoms with Gasteiger partial charge >= 0.3 is 0 Å². The summed E-state index contributed by atoms with van der Waals surface area (Å²) in [4.78, 5) is 7.33. The predicted molar refractivity (Wildman–Crippen MR) is 76.7 cm³/mol. The van der Waals surface area contributed by atoms with E-state index in [1.54, 1.807) is 0 Å². The molecule has 0 saturated carbocycles. The minimum atomic E-state index is 0.502. The molecular formula is C14H18BrN3. The van der Waals surface area contributed by atoms with Gasteiger partial charge in [-0.3, -0.25) is 4.90 Å². The van der Waals surface area contributed by atoms with Gasteiger partial charge in [0.2, 0.25) is 0 Å². The van der Waals surface area contributed by atoms with Crippen LogP contribution in [0.3, 0.4) is 0 Å². The van der Waals surface area contributed by atoms with Crippen molar-refractivity contribution in [2.75, 3.05) is 13.1 Å². The molecule has 96 valence electrons. The fourth-order valence-electron chi connectivity index (χ4n) is 2.84. The lowest BCUT2D eigenvalue weighted by molar-refractivity contribution is 0.154. The van der Waals surface area contributed by atoms with Crippen LogP contribution in [0.4, 0.5) is 0 Å². The summed E-state index contributed by atoms with van der Waals surface area (Å²) in [5.41, 5.74) is 2.25. The van der Waals surface area contributed by atoms with Gasteiger partial charge in [-0.05, 0) is 38.1 Å². The van der Waals surface area contributed by atoms with Crippen molar-refractivity contribution < 1.29 is 0 Å². The Hall–Kier alpha value is -0.870. The maximum Gasteiger partial charge on any atom is 0.138 e. The van der Waals surface area contributed by atoms with Gasteiger partial charge in [0.1, 0.15) is 5.65 Å². The molecule has 0 radical (unpaired) electrons. The molecule has 18 heavy (non-hydrogen) atoms. The second kappa shape index (κ2) is 5.02. The highest BCUT2D eigenvalue weighted by molar-refractivity contribution is 9.10. The number of pyridine rings is 1. The molecule has 1 unspecified atom stereocenters. The molecule has 1 aliphatic heterocycles. The van der Waals surface area contributed by atoms with Crippen LogP contribution in [0.5, 0.6) is 0 Å². The van der Waals surface area contributed by atoms with Crippen LogP contribution in [0.25, 0.3) is 5.65 Å². The summed E-state index contributed by atoms with van der Waals surface area (Å²) in [5, 5.41) is 0. The Balaban J connectivity index is 1.97. The Morgan fingerprint density at radius 3 is 3.17 bits per heavy atom. The molecule has 0 N–H and O–H groups in total. The third-order valence-corrected chi connectivity index (χ3v) is 4.30. The van der Waals surface area contributed by atoms with Crippen molar-refractivity contribution >= 4 is 21.6 Å². The Morgan fingerprint density at radius 2 is 2.33 bits per heavy atom. The summed E-state index contributed by atoms with van der Waals surface area (Å²) in [5.74, 6) is 0. The van der Waals surface area contributed by atoms with Gasteiger partial charge in [0, 0.05) is 16.9 Å². The maximum absolute atomic E-state index is 4.79. The highest BCUT2D eigenvalue weighted by atomic mass is 79.9. The van der Waals surface area contributed by atoms with Gasteiger partial charge in [-0.15, -0.1) is 0 Å². The van der Waals surface area contributed by atoms with Crippen molar-refractivity contribution in [1.82, 2.24) is 14.3 Å². The number of hydrogen-bond donors (Lipinski definition) is 0. The number of halogens is 1. The third-order valence-electron chi connectivity index (χ3n) is 3.80. The van der Waals surface area contributed by atoms with Crippen molar-refractivity contribution in [1.29, 1.82) is 0 Å². The highest BCUT2D eigenvalue weighted by Gasteiger charge is 2.24. The van der Waals surface area contributed by atoms with Crippen LogP contribution in [0.15, 0.2) is 29.0 Å². The summed E-state index contributed by atoms with van der Waals surface area (Å²) >= 11 is 3.50. The predicted octanol–water partition coefficient (Wildman–Crippen LogP) is 3.64. The third kappa shape index (κ3) is 2.19. The monoisotopic (exact) mass is 307 g/mol. The molecule has 0 aromatic carbocycles. The molecule has 3 nitrogen and oxygen atoms in total. The van der Waals surface area contributed by atoms with Crippen molar-refractivity contribution in [3.63, 3.8) is 0 Å². The number of rotatable bonds is 2. The molecule has 4 heteroatoms. The summed E-state index contributed by atoms with van der Waals surface area (Å²) < 4.78 is 3.20. The van der Waals surface area contributed by atoms with Gasteiger partial charge in [0.05, 0.1) is 11.7 Å². The SMILES string of the molecule is CCN1CCCCC1c1cn2ccc(Br)cc2n1. The van der Waals surface area contributed by atoms with Gasteiger partial charge < -0.3 is 4.40 Å². The minimum Gasteiger partial charge on any atom is -0.307 e. The van der Waals surface area contributed by atoms with E-state index in [1.807, 2.05) is 0 Å². The van der Waals surface area contributed by atoms with E-state index in [0.29, 0.717) is 6.04 Å². The number of imidazole rings is 1. The smallest absolute Gasteiger partial charge is 0.138 e. The molecule has 0 amide bonds. The molecule has 3 heterocycles. The van der Waals surface area contributed by atoms with Gasteiger partial charge in [-0.2, -0.15) is 0 Å². The lowest BCUT2D eigenvalue weighted by Gasteiger charge is -2.33. The van der Waals surface area contributed by atoms with Gasteiger partial charge in [-0.1, -0.05) is 29.3 Å². The van der Waals surface area contributed by atoms with Crippen molar-refractivity contribution in [2.45, 2.75) is 32.2 Å². The van der Waals surface area contributed by atoms with Crippen molar-refractivity contribution in [3.05, 3.63) is 34.7 Å². The van der Waals surface area contributed by atoms with E-state index in [9.17, 15) is 0 Å². The first-order chi connectivity index (χ1) is 8.78. The first-order valence-electron chi connectivity index (χ1n) is 6.66. The molecule has 2 aromatic rings. The molecule has 2 aromatic heterocycles. The van der Waals surface area contributed by atoms with E-state index in [2.05, 4.69) is 56.7 Å². The number of aromatic nitrogens is 2. The average Bonchev–Trinajstić information content (AvgIpc) is 2.81. The topological polar surface area (TPSA) is 20.5 Å². The Labute approximate surface area is 116 Å². The van der Waals surface area contributed by atoms with E-state index in [1.165, 1.54) is 31.5 Å². The molecule has 0 spiro atoms. The van der Waals surface area contributed by atoms with E-state index >= 15 is 0 Å². The second-order valence-electron chi connectivity index (χ2n) is 4.92. The minimum absolute atomic E-state index is 0.502. The Kier molecular flexibility index (Phi) is 3.39. The Bertz CT molecular complexity index is 549. The lowest BCUT2D eigenvalue weighted by atomic mass is 10.00. The fourth-order valence-corrected chi connectivity index (χ4v) is 3.16. The highest BCUT2D eigenvalue weighted by Crippen LogP contribution is 2.30. The van der Waals surface area contributed by atoms with Crippen LogP contribution < -0.4 is 0 Å². The van der Waals surface area contributed by atoms with Crippen LogP contribution in [-0.2, 0) is 0 Å². The Morgan fingerprint density at radius 1 is 1.44 bits per heavy atom. The summed E-state index contributed by atoms with van der Waals surface area (Å²) in [6, 6.07) is 4.63. The number of hydrogen-bond acceptors (Lipinski definition) is 2. The van der Waals surface area contributed by atoms with Gasteiger partial charge in [0.15, 0.2) is 0 Å². The molecule has 1 fully saturated rings. The number of likely N-dealkylation sites (tertiary alicyclic amines) is 1. The normalized spacial score (nSPS) is 21.6. The number of piperidine rings is 1. The maximum atomic E-state index is 4.79. The fraction of sp³-hybridized carbons (Fsp3) is 0.500. The van der Waals surface area contributed by atoms with Crippen molar-refractivity contribution in [3.8, 4) is 0 Å². The molecule has 1 aliphatic rings. The van der Waals surface area contributed by atoms with Gasteiger partial charge in [0.25, 0.3) is 0 Å². The molecule has 1 saturated heterocycles. The first-order valence-corrected chi connectivity index (χ1v) is 7.45. The van der Waals surface area contributed by atoms with E-state index in [0.717, 1.165) is 16.7 Å². The van der Waals surface area contributed by atoms with Crippen LogP contribution in [0, 0.1) is 0 Å². The first kappa shape index (κ1) is 12.2. The van der Waals surface area contributed by atoms with Crippen LogP contribution in [0.1, 0.15) is 37.9 Å². The number of fused-ring (bicyclic) bond motifs is 1. The zero-order chi connectivity index (χ0) is 12.5. The zero-order valence-electron chi connectivity index (χ0n) is 10.6. The molecular weight excluding hydrogens is 290 g/mol. The van der Waals surface area contributed by atoms with E-state index in [4.69, 9.17) is 4.98 Å². The zero-order valence-corrected chi connectivity index (χ0v) is 12.2. The summed E-state index contributed by atoms with van der Waals surface area (Å²) in [7, 11) is 0. The molecule has 3 rings (SSSR count). The van der Waals surface area contributed by atoms with Crippen LogP contribution in [-0.4, -0.2) is 27.4 Å². The largest absolute Gasteiger partial charge is 0.307 e. The average molecular weight is 308 g/mol. The van der Waals surface area contributed by atoms with E-state index in [-0.39, 0.29) is 0 Å². The van der Waals surface area contributed by atoms with E-state index < -0.39 is 0 Å². The summed E-state index contributed by atoms with van der Waals surface area (Å²) in [6.07, 6.45) is 8.12. The van der Waals surface area contributed by atoms with Crippen LogP contribution >= 0.6 is 15.9 Å². The van der Waals surface area contributed by atoms with Crippen molar-refractivity contribution in [2.24, 2.45) is 0 Å². The molecule has 1 atom stereocenters.